The molecular formula is C21H18ClFN4O3. The van der Waals surface area contributed by atoms with Crippen LogP contribution < -0.4 is 16.2 Å². The standard InChI is InChI=1S/C21H18ClFN4O3/c1-11(28)25-19-7-14(4-5-24-19)26-18-8-15(12-2-3-17(23)16(22)6-12)21(29)27-20(18)13-9-30-10-13/h2-8,13H,9-10H2,1H3,(H,27,29)(H2,24,25,26,28). The molecule has 1 saturated heterocycles. The lowest BCUT2D eigenvalue weighted by Gasteiger charge is -2.28. The second-order valence-corrected chi connectivity index (χ2v) is 7.35. The van der Waals surface area contributed by atoms with E-state index in [-0.39, 0.29) is 22.4 Å². The summed E-state index contributed by atoms with van der Waals surface area (Å²) in [4.78, 5) is 31.1. The molecule has 0 unspecified atom stereocenters. The van der Waals surface area contributed by atoms with Crippen molar-refractivity contribution in [1.82, 2.24) is 9.97 Å². The molecule has 3 heterocycles. The minimum atomic E-state index is -0.555. The number of nitrogens with one attached hydrogen (secondary N) is 3. The maximum atomic E-state index is 13.6. The number of aromatic amines is 1. The fraction of sp³-hybridized carbons (Fsp3) is 0.190. The van der Waals surface area contributed by atoms with Gasteiger partial charge < -0.3 is 20.4 Å². The van der Waals surface area contributed by atoms with Crippen molar-refractivity contribution in [3.05, 3.63) is 69.5 Å². The van der Waals surface area contributed by atoms with Crippen LogP contribution in [0.2, 0.25) is 5.02 Å². The lowest BCUT2D eigenvalue weighted by molar-refractivity contribution is -0.114. The van der Waals surface area contributed by atoms with E-state index in [1.165, 1.54) is 25.1 Å². The van der Waals surface area contributed by atoms with Gasteiger partial charge in [0, 0.05) is 42.0 Å². The second kappa shape index (κ2) is 8.25. The fourth-order valence-corrected chi connectivity index (χ4v) is 3.34. The van der Waals surface area contributed by atoms with Gasteiger partial charge in [0.2, 0.25) is 5.91 Å². The molecule has 2 aromatic heterocycles. The summed E-state index contributed by atoms with van der Waals surface area (Å²) in [6, 6.07) is 9.27. The summed E-state index contributed by atoms with van der Waals surface area (Å²) in [5.74, 6) is -0.342. The third kappa shape index (κ3) is 4.19. The van der Waals surface area contributed by atoms with Crippen LogP contribution in [-0.4, -0.2) is 29.1 Å². The van der Waals surface area contributed by atoms with E-state index in [0.717, 1.165) is 0 Å². The van der Waals surface area contributed by atoms with Crippen molar-refractivity contribution >= 4 is 34.7 Å². The summed E-state index contributed by atoms with van der Waals surface area (Å²) in [5.41, 5.74) is 2.58. The molecule has 1 aliphatic heterocycles. The van der Waals surface area contributed by atoms with Gasteiger partial charge in [-0.3, -0.25) is 9.59 Å². The Hall–Kier alpha value is -3.23. The number of ether oxygens (including phenoxy) is 1. The van der Waals surface area contributed by atoms with Crippen molar-refractivity contribution in [2.24, 2.45) is 0 Å². The van der Waals surface area contributed by atoms with Crippen molar-refractivity contribution in [1.29, 1.82) is 0 Å². The highest BCUT2D eigenvalue weighted by atomic mass is 35.5. The van der Waals surface area contributed by atoms with Gasteiger partial charge in [0.05, 0.1) is 23.9 Å². The summed E-state index contributed by atoms with van der Waals surface area (Å²) >= 11 is 5.90. The van der Waals surface area contributed by atoms with Crippen molar-refractivity contribution in [3.63, 3.8) is 0 Å². The van der Waals surface area contributed by atoms with E-state index >= 15 is 0 Å². The Labute approximate surface area is 176 Å². The predicted octanol–water partition coefficient (Wildman–Crippen LogP) is 4.05. The fourth-order valence-electron chi connectivity index (χ4n) is 3.16. The Kier molecular flexibility index (Phi) is 5.52. The number of carbonyl (C=O) groups excluding carboxylic acids is 1. The summed E-state index contributed by atoms with van der Waals surface area (Å²) in [7, 11) is 0. The molecule has 0 bridgehead atoms. The highest BCUT2D eigenvalue weighted by Crippen LogP contribution is 2.33. The molecule has 7 nitrogen and oxygen atoms in total. The number of benzene rings is 1. The molecule has 4 rings (SSSR count). The number of aromatic nitrogens is 2. The van der Waals surface area contributed by atoms with Crippen LogP contribution >= 0.6 is 11.6 Å². The first-order chi connectivity index (χ1) is 14.4. The van der Waals surface area contributed by atoms with Crippen LogP contribution in [0.5, 0.6) is 0 Å². The Morgan fingerprint density at radius 3 is 2.73 bits per heavy atom. The Morgan fingerprint density at radius 2 is 2.07 bits per heavy atom. The molecule has 30 heavy (non-hydrogen) atoms. The van der Waals surface area contributed by atoms with Crippen molar-refractivity contribution in [3.8, 4) is 11.1 Å². The van der Waals surface area contributed by atoms with E-state index in [0.29, 0.717) is 47.2 Å². The van der Waals surface area contributed by atoms with Gasteiger partial charge in [0.25, 0.3) is 5.56 Å². The van der Waals surface area contributed by atoms with Gasteiger partial charge >= 0.3 is 0 Å². The number of H-pyrrole nitrogens is 1. The molecule has 1 aliphatic rings. The molecule has 154 valence electrons. The maximum absolute atomic E-state index is 13.6. The maximum Gasteiger partial charge on any atom is 0.256 e. The molecule has 3 N–H and O–H groups in total. The lowest BCUT2D eigenvalue weighted by Crippen LogP contribution is -2.29. The number of halogens is 2. The van der Waals surface area contributed by atoms with Crippen LogP contribution in [0.25, 0.3) is 11.1 Å². The minimum Gasteiger partial charge on any atom is -0.380 e. The zero-order valence-electron chi connectivity index (χ0n) is 16.0. The number of hydrogen-bond donors (Lipinski definition) is 3. The summed E-state index contributed by atoms with van der Waals surface area (Å²) < 4.78 is 18.8. The number of amides is 1. The Bertz CT molecular complexity index is 1180. The van der Waals surface area contributed by atoms with Crippen molar-refractivity contribution in [2.45, 2.75) is 12.8 Å². The largest absolute Gasteiger partial charge is 0.380 e. The first-order valence-electron chi connectivity index (χ1n) is 9.22. The van der Waals surface area contributed by atoms with Crippen LogP contribution in [0.3, 0.4) is 0 Å². The molecule has 9 heteroatoms. The van der Waals surface area contributed by atoms with Gasteiger partial charge in [0.15, 0.2) is 0 Å². The molecule has 0 saturated carbocycles. The molecule has 0 aliphatic carbocycles. The van der Waals surface area contributed by atoms with E-state index in [1.54, 1.807) is 24.4 Å². The van der Waals surface area contributed by atoms with E-state index in [4.69, 9.17) is 16.3 Å². The van der Waals surface area contributed by atoms with Gasteiger partial charge in [0.1, 0.15) is 11.6 Å². The molecule has 1 amide bonds. The van der Waals surface area contributed by atoms with Crippen LogP contribution in [0, 0.1) is 5.82 Å². The first-order valence-corrected chi connectivity index (χ1v) is 9.59. The van der Waals surface area contributed by atoms with Crippen LogP contribution in [-0.2, 0) is 9.53 Å². The third-order valence-corrected chi connectivity index (χ3v) is 4.98. The van der Waals surface area contributed by atoms with Gasteiger partial charge in [-0.05, 0) is 29.8 Å². The molecule has 0 radical (unpaired) electrons. The van der Waals surface area contributed by atoms with Gasteiger partial charge in [-0.1, -0.05) is 17.7 Å². The molecule has 1 fully saturated rings. The molecule has 0 atom stereocenters. The van der Waals surface area contributed by atoms with E-state index in [2.05, 4.69) is 20.6 Å². The summed E-state index contributed by atoms with van der Waals surface area (Å²) in [6.45, 7) is 2.40. The number of pyridine rings is 2. The number of anilines is 3. The summed E-state index contributed by atoms with van der Waals surface area (Å²) in [6.07, 6.45) is 1.56. The monoisotopic (exact) mass is 428 g/mol. The number of nitrogens with zero attached hydrogens (tertiary/aromatic N) is 1. The summed E-state index contributed by atoms with van der Waals surface area (Å²) in [5, 5.41) is 5.84. The minimum absolute atomic E-state index is 0.0442. The number of carbonyl (C=O) groups is 1. The number of rotatable bonds is 5. The number of hydrogen-bond acceptors (Lipinski definition) is 5. The zero-order chi connectivity index (χ0) is 21.3. The smallest absolute Gasteiger partial charge is 0.256 e. The Morgan fingerprint density at radius 1 is 1.27 bits per heavy atom. The van der Waals surface area contributed by atoms with E-state index < -0.39 is 5.82 Å². The molecule has 3 aromatic rings. The normalized spacial score (nSPS) is 13.6. The molecule has 0 spiro atoms. The molecule has 1 aromatic carbocycles. The van der Waals surface area contributed by atoms with E-state index in [1.807, 2.05) is 0 Å². The van der Waals surface area contributed by atoms with Gasteiger partial charge in [-0.2, -0.15) is 0 Å². The average Bonchev–Trinajstić information content (AvgIpc) is 2.64. The van der Waals surface area contributed by atoms with Crippen molar-refractivity contribution in [2.75, 3.05) is 23.8 Å². The zero-order valence-corrected chi connectivity index (χ0v) is 16.7. The van der Waals surface area contributed by atoms with Gasteiger partial charge in [-0.25, -0.2) is 9.37 Å². The van der Waals surface area contributed by atoms with Crippen molar-refractivity contribution < 1.29 is 13.9 Å². The van der Waals surface area contributed by atoms with Crippen LogP contribution in [0.1, 0.15) is 18.5 Å². The topological polar surface area (TPSA) is 96.1 Å². The quantitative estimate of drug-likeness (QED) is 0.570. The SMILES string of the molecule is CC(=O)Nc1cc(Nc2cc(-c3ccc(F)c(Cl)c3)c(=O)[nH]c2C2COC2)ccn1. The third-order valence-electron chi connectivity index (χ3n) is 4.69. The van der Waals surface area contributed by atoms with Gasteiger partial charge in [-0.15, -0.1) is 0 Å². The first kappa shape index (κ1) is 20.1. The lowest BCUT2D eigenvalue weighted by atomic mass is 9.98. The van der Waals surface area contributed by atoms with Crippen LogP contribution in [0.15, 0.2) is 47.4 Å². The van der Waals surface area contributed by atoms with E-state index in [9.17, 15) is 14.0 Å². The Balaban J connectivity index is 1.76. The average molecular weight is 429 g/mol. The highest BCUT2D eigenvalue weighted by molar-refractivity contribution is 6.31. The predicted molar refractivity (Wildman–Crippen MR) is 113 cm³/mol. The van der Waals surface area contributed by atoms with Crippen LogP contribution in [0.4, 0.5) is 21.6 Å². The second-order valence-electron chi connectivity index (χ2n) is 6.94. The molecular weight excluding hydrogens is 411 g/mol. The highest BCUT2D eigenvalue weighted by Gasteiger charge is 2.25.